The molecule has 0 radical (unpaired) electrons. The molecular weight excluding hydrogens is 564 g/mol. The highest BCUT2D eigenvalue weighted by Crippen LogP contribution is 2.63. The molecule has 204 valence electrons. The van der Waals surface area contributed by atoms with Crippen molar-refractivity contribution in [1.82, 2.24) is 0 Å². The van der Waals surface area contributed by atoms with Crippen LogP contribution in [0, 0.1) is 0 Å². The molecule has 0 saturated heterocycles. The predicted molar refractivity (Wildman–Crippen MR) is 80.6 cm³/mol. The van der Waals surface area contributed by atoms with Crippen LogP contribution >= 0.6 is 0 Å². The first-order chi connectivity index (χ1) is 15.1. The van der Waals surface area contributed by atoms with E-state index < -0.39 is 74.9 Å². The maximum Gasteiger partial charge on any atom is 0.384 e. The zero-order chi connectivity index (χ0) is 28.3. The van der Waals surface area contributed by atoms with E-state index in [2.05, 4.69) is 0 Å². The fraction of sp³-hybridized carbons (Fsp3) is 0.600. The highest BCUT2D eigenvalue weighted by atomic mass is 32.2. The Labute approximate surface area is 183 Å². The Morgan fingerprint density at radius 3 is 1.31 bits per heavy atom. The summed E-state index contributed by atoms with van der Waals surface area (Å²) in [6.45, 7) is 0. The predicted octanol–water partition coefficient (Wildman–Crippen LogP) is 6.19. The van der Waals surface area contributed by atoms with E-state index >= 15 is 0 Å². The molecule has 0 atom stereocenters. The maximum atomic E-state index is 13.9. The topological polar surface area (TPSA) is 54.4 Å². The third-order valence-electron chi connectivity index (χ3n) is 4.38. The van der Waals surface area contributed by atoms with Crippen molar-refractivity contribution in [3.8, 4) is 0 Å². The smallest absolute Gasteiger partial charge is 0.282 e. The van der Waals surface area contributed by atoms with Gasteiger partial charge in [-0.15, -0.1) is 0 Å². The molecule has 0 bridgehead atoms. The maximum absolute atomic E-state index is 13.9. The molecule has 0 heterocycles. The summed E-state index contributed by atoms with van der Waals surface area (Å²) in [5.74, 6) is -55.2. The van der Waals surface area contributed by atoms with Crippen LogP contribution in [0.1, 0.15) is 5.56 Å². The van der Waals surface area contributed by atoms with Crippen molar-refractivity contribution in [3.05, 3.63) is 29.8 Å². The first-order valence-electron chi connectivity index (χ1n) is 8.12. The lowest BCUT2D eigenvalue weighted by atomic mass is 9.87. The monoisotopic (exact) mass is 572 g/mol. The average Bonchev–Trinajstić information content (AvgIpc) is 2.66. The van der Waals surface area contributed by atoms with Crippen LogP contribution in [0.3, 0.4) is 0 Å². The SMILES string of the molecule is O=S(=O)(O)c1ccc(CC(F)(F)C(F)(F)C(F)(F)C(F)(F)C(F)(F)C(F)(F)C(F)(F)C(F)F)cc1. The van der Waals surface area contributed by atoms with Crippen molar-refractivity contribution in [1.29, 1.82) is 0 Å². The number of hydrogen-bond donors (Lipinski definition) is 1. The molecular formula is C15H8F16O3S. The second-order valence-electron chi connectivity index (χ2n) is 6.80. The van der Waals surface area contributed by atoms with Gasteiger partial charge < -0.3 is 0 Å². The number of halogens is 16. The molecule has 0 aliphatic heterocycles. The van der Waals surface area contributed by atoms with Gasteiger partial charge in [0.1, 0.15) is 0 Å². The Bertz CT molecular complexity index is 1020. The molecule has 1 rings (SSSR count). The number of rotatable bonds is 10. The van der Waals surface area contributed by atoms with Crippen molar-refractivity contribution in [2.45, 2.75) is 59.2 Å². The van der Waals surface area contributed by atoms with Gasteiger partial charge in [-0.05, 0) is 17.7 Å². The molecule has 0 unspecified atom stereocenters. The van der Waals surface area contributed by atoms with Gasteiger partial charge in [-0.1, -0.05) is 12.1 Å². The molecule has 1 aromatic rings. The van der Waals surface area contributed by atoms with Crippen LogP contribution in [0.2, 0.25) is 0 Å². The molecule has 1 aromatic carbocycles. The second-order valence-corrected chi connectivity index (χ2v) is 8.22. The van der Waals surface area contributed by atoms with E-state index in [1.165, 1.54) is 0 Å². The number of alkyl halides is 16. The quantitative estimate of drug-likeness (QED) is 0.269. The lowest BCUT2D eigenvalue weighted by Gasteiger charge is -2.42. The Kier molecular flexibility index (Phi) is 7.58. The highest BCUT2D eigenvalue weighted by molar-refractivity contribution is 7.85. The van der Waals surface area contributed by atoms with Crippen molar-refractivity contribution in [2.24, 2.45) is 0 Å². The van der Waals surface area contributed by atoms with Gasteiger partial charge in [-0.2, -0.15) is 69.9 Å². The van der Waals surface area contributed by atoms with Gasteiger partial charge in [-0.3, -0.25) is 4.55 Å². The second kappa shape index (κ2) is 8.55. The van der Waals surface area contributed by atoms with Crippen molar-refractivity contribution in [3.63, 3.8) is 0 Å². The first-order valence-corrected chi connectivity index (χ1v) is 9.56. The largest absolute Gasteiger partial charge is 0.384 e. The van der Waals surface area contributed by atoms with E-state index in [0.717, 1.165) is 0 Å². The fourth-order valence-electron chi connectivity index (χ4n) is 2.31. The summed E-state index contributed by atoms with van der Waals surface area (Å²) in [4.78, 5) is -1.07. The Morgan fingerprint density at radius 2 is 0.971 bits per heavy atom. The summed E-state index contributed by atoms with van der Waals surface area (Å²) in [6, 6.07) is 0.699. The van der Waals surface area contributed by atoms with Crippen LogP contribution in [0.15, 0.2) is 29.2 Å². The van der Waals surface area contributed by atoms with Crippen LogP contribution in [0.5, 0.6) is 0 Å². The van der Waals surface area contributed by atoms with E-state index in [-0.39, 0.29) is 24.3 Å². The van der Waals surface area contributed by atoms with E-state index in [1.54, 1.807) is 0 Å². The highest BCUT2D eigenvalue weighted by Gasteiger charge is 2.93. The van der Waals surface area contributed by atoms with Crippen LogP contribution in [0.4, 0.5) is 70.2 Å². The van der Waals surface area contributed by atoms with E-state index in [0.29, 0.717) is 0 Å². The van der Waals surface area contributed by atoms with E-state index in [9.17, 15) is 78.7 Å². The third-order valence-corrected chi connectivity index (χ3v) is 5.24. The van der Waals surface area contributed by atoms with Crippen LogP contribution in [-0.2, 0) is 16.5 Å². The van der Waals surface area contributed by atoms with Gasteiger partial charge in [0.05, 0.1) is 4.90 Å². The average molecular weight is 572 g/mol. The van der Waals surface area contributed by atoms with Gasteiger partial charge >= 0.3 is 47.9 Å². The van der Waals surface area contributed by atoms with Gasteiger partial charge in [0.2, 0.25) is 0 Å². The van der Waals surface area contributed by atoms with Crippen molar-refractivity contribution >= 4 is 10.1 Å². The number of hydrogen-bond acceptors (Lipinski definition) is 2. The van der Waals surface area contributed by atoms with Crippen LogP contribution in [-0.4, -0.2) is 60.9 Å². The zero-order valence-electron chi connectivity index (χ0n) is 15.8. The summed E-state index contributed by atoms with van der Waals surface area (Å²) < 4.78 is 242. The summed E-state index contributed by atoms with van der Waals surface area (Å²) in [5, 5.41) is 0. The molecule has 0 aliphatic rings. The minimum atomic E-state index is -8.48. The normalized spacial score (nSPS) is 15.6. The first kappa shape index (κ1) is 31.0. The minimum absolute atomic E-state index is 0.134. The van der Waals surface area contributed by atoms with Crippen molar-refractivity contribution < 1.29 is 83.2 Å². The minimum Gasteiger partial charge on any atom is -0.282 e. The molecule has 0 aliphatic carbocycles. The molecule has 35 heavy (non-hydrogen) atoms. The molecule has 0 spiro atoms. The molecule has 0 aromatic heterocycles. The van der Waals surface area contributed by atoms with E-state index in [4.69, 9.17) is 4.55 Å². The zero-order valence-corrected chi connectivity index (χ0v) is 16.6. The van der Waals surface area contributed by atoms with Crippen LogP contribution in [0.25, 0.3) is 0 Å². The van der Waals surface area contributed by atoms with E-state index in [1.807, 2.05) is 0 Å². The standard InChI is InChI=1S/C15H8F16O3S/c16-8(17)10(20,21)12(24,25)14(28,29)15(30,31)13(26,27)11(22,23)9(18,19)5-6-1-3-7(4-2-6)35(32,33)34/h1-4,8H,5H2,(H,32,33,34). The summed E-state index contributed by atoms with van der Waals surface area (Å²) in [5.41, 5.74) is -1.29. The molecule has 0 amide bonds. The van der Waals surface area contributed by atoms with Gasteiger partial charge in [0, 0.05) is 6.42 Å². The molecule has 1 N–H and O–H groups in total. The number of benzene rings is 1. The molecule has 0 saturated carbocycles. The molecule has 20 heteroatoms. The van der Waals surface area contributed by atoms with Gasteiger partial charge in [0.15, 0.2) is 0 Å². The Balaban J connectivity index is 3.52. The summed E-state index contributed by atoms with van der Waals surface area (Å²) >= 11 is 0. The molecule has 0 fully saturated rings. The fourth-order valence-corrected chi connectivity index (χ4v) is 2.79. The van der Waals surface area contributed by atoms with Gasteiger partial charge in [-0.25, -0.2) is 8.78 Å². The molecule has 3 nitrogen and oxygen atoms in total. The lowest BCUT2D eigenvalue weighted by molar-refractivity contribution is -0.446. The Hall–Kier alpha value is -1.99. The van der Waals surface area contributed by atoms with Crippen LogP contribution < -0.4 is 0 Å². The lowest BCUT2D eigenvalue weighted by Crippen LogP contribution is -2.73. The Morgan fingerprint density at radius 1 is 0.629 bits per heavy atom. The summed E-state index contributed by atoms with van der Waals surface area (Å²) in [6.07, 6.45) is -8.70. The van der Waals surface area contributed by atoms with Crippen molar-refractivity contribution in [2.75, 3.05) is 0 Å². The summed E-state index contributed by atoms with van der Waals surface area (Å²) in [7, 11) is -5.01. The third kappa shape index (κ3) is 4.62. The van der Waals surface area contributed by atoms with Gasteiger partial charge in [0.25, 0.3) is 10.1 Å².